The van der Waals surface area contributed by atoms with Gasteiger partial charge in [0.05, 0.1) is 0 Å². The zero-order chi connectivity index (χ0) is 32.1. The predicted octanol–water partition coefficient (Wildman–Crippen LogP) is 12.1. The van der Waals surface area contributed by atoms with E-state index in [4.69, 9.17) is 0 Å². The average molecular weight is 599 g/mol. The molecule has 8 rings (SSSR count). The molecular formula is C44H42N2. The molecule has 0 saturated heterocycles. The first kappa shape index (κ1) is 28.6. The number of rotatable bonds is 2. The molecule has 0 unspecified atom stereocenters. The van der Waals surface area contributed by atoms with Gasteiger partial charge in [0.2, 0.25) is 0 Å². The molecule has 0 radical (unpaired) electrons. The van der Waals surface area contributed by atoms with Gasteiger partial charge in [0.15, 0.2) is 0 Å². The Kier molecular flexibility index (Phi) is 6.13. The number of hydrogen-bond donors (Lipinski definition) is 0. The lowest BCUT2D eigenvalue weighted by atomic mass is 9.86. The van der Waals surface area contributed by atoms with Crippen LogP contribution < -0.4 is 0 Å². The van der Waals surface area contributed by atoms with Gasteiger partial charge in [-0.15, -0.1) is 0 Å². The molecule has 2 nitrogen and oxygen atoms in total. The summed E-state index contributed by atoms with van der Waals surface area (Å²) in [7, 11) is 4.41. The monoisotopic (exact) mass is 598 g/mol. The van der Waals surface area contributed by atoms with Gasteiger partial charge in [-0.25, -0.2) is 0 Å². The van der Waals surface area contributed by atoms with E-state index in [1.165, 1.54) is 87.8 Å². The molecule has 0 fully saturated rings. The lowest BCUT2D eigenvalue weighted by Gasteiger charge is -2.19. The van der Waals surface area contributed by atoms with Crippen LogP contribution in [-0.4, -0.2) is 9.13 Å². The van der Waals surface area contributed by atoms with Crippen LogP contribution in [0, 0.1) is 0 Å². The fraction of sp³-hybridized carbons (Fsp3) is 0.227. The van der Waals surface area contributed by atoms with E-state index < -0.39 is 0 Å². The molecule has 0 aliphatic rings. The Hall–Kier alpha value is -4.82. The normalized spacial score (nSPS) is 12.8. The number of nitrogens with zero attached hydrogens (tertiary/aromatic N) is 2. The predicted molar refractivity (Wildman–Crippen MR) is 200 cm³/mol. The van der Waals surface area contributed by atoms with Gasteiger partial charge in [0.1, 0.15) is 0 Å². The summed E-state index contributed by atoms with van der Waals surface area (Å²) < 4.78 is 4.73. The number of aryl methyl sites for hydroxylation is 2. The van der Waals surface area contributed by atoms with Crippen LogP contribution in [0.3, 0.4) is 0 Å². The van der Waals surface area contributed by atoms with Crippen LogP contribution in [0.15, 0.2) is 109 Å². The molecule has 46 heavy (non-hydrogen) atoms. The van der Waals surface area contributed by atoms with Gasteiger partial charge in [-0.2, -0.15) is 0 Å². The van der Waals surface area contributed by atoms with Crippen molar-refractivity contribution in [3.05, 3.63) is 120 Å². The summed E-state index contributed by atoms with van der Waals surface area (Å²) in [4.78, 5) is 0. The van der Waals surface area contributed by atoms with Gasteiger partial charge in [-0.1, -0.05) is 126 Å². The van der Waals surface area contributed by atoms with Crippen molar-refractivity contribution in [2.75, 3.05) is 0 Å². The van der Waals surface area contributed by atoms with Gasteiger partial charge >= 0.3 is 0 Å². The van der Waals surface area contributed by atoms with Crippen molar-refractivity contribution in [1.82, 2.24) is 9.13 Å². The zero-order valence-corrected chi connectivity index (χ0v) is 28.3. The summed E-state index contributed by atoms with van der Waals surface area (Å²) in [5.74, 6) is 0. The van der Waals surface area contributed by atoms with Crippen LogP contribution in [0.1, 0.15) is 52.7 Å². The molecule has 2 heterocycles. The Bertz CT molecular complexity index is 2290. The number of benzene rings is 6. The van der Waals surface area contributed by atoms with Crippen molar-refractivity contribution in [2.45, 2.75) is 52.4 Å². The SMILES string of the molecule is Cn1c2cc(-c3ccc(C(C)(C)C)cc3)ccc2c2c3ccc4c(c3ccc21)c1ccc(-c2ccc(C(C)(C)C)cc2)cc1n4C. The molecule has 0 spiro atoms. The fourth-order valence-corrected chi connectivity index (χ4v) is 7.49. The minimum absolute atomic E-state index is 0.148. The maximum atomic E-state index is 2.36. The molecule has 2 heteroatoms. The number of fused-ring (bicyclic) bond motifs is 9. The topological polar surface area (TPSA) is 9.86 Å². The van der Waals surface area contributed by atoms with Crippen LogP contribution in [0.5, 0.6) is 0 Å². The number of aromatic nitrogens is 2. The van der Waals surface area contributed by atoms with E-state index in [0.29, 0.717) is 0 Å². The minimum Gasteiger partial charge on any atom is -0.344 e. The van der Waals surface area contributed by atoms with E-state index in [1.807, 2.05) is 0 Å². The third-order valence-corrected chi connectivity index (χ3v) is 10.3. The van der Waals surface area contributed by atoms with Crippen LogP contribution in [0.4, 0.5) is 0 Å². The third kappa shape index (κ3) is 4.31. The van der Waals surface area contributed by atoms with E-state index in [1.54, 1.807) is 0 Å². The minimum atomic E-state index is 0.148. The van der Waals surface area contributed by atoms with E-state index in [2.05, 4.69) is 174 Å². The third-order valence-electron chi connectivity index (χ3n) is 10.3. The highest BCUT2D eigenvalue weighted by molar-refractivity contribution is 6.29. The molecule has 0 amide bonds. The van der Waals surface area contributed by atoms with E-state index >= 15 is 0 Å². The van der Waals surface area contributed by atoms with Crippen molar-refractivity contribution in [3.63, 3.8) is 0 Å². The van der Waals surface area contributed by atoms with Crippen molar-refractivity contribution >= 4 is 54.4 Å². The first-order valence-corrected chi connectivity index (χ1v) is 16.5. The van der Waals surface area contributed by atoms with Gasteiger partial charge in [-0.3, -0.25) is 0 Å². The Morgan fingerprint density at radius 2 is 0.674 bits per heavy atom. The fourth-order valence-electron chi connectivity index (χ4n) is 7.49. The van der Waals surface area contributed by atoms with Gasteiger partial charge in [0, 0.05) is 57.7 Å². The van der Waals surface area contributed by atoms with Crippen LogP contribution >= 0.6 is 0 Å². The van der Waals surface area contributed by atoms with Crippen molar-refractivity contribution in [3.8, 4) is 22.3 Å². The molecular weight excluding hydrogens is 556 g/mol. The maximum Gasteiger partial charge on any atom is 0.0495 e. The highest BCUT2D eigenvalue weighted by Gasteiger charge is 2.19. The summed E-state index contributed by atoms with van der Waals surface area (Å²) in [6.45, 7) is 13.6. The maximum absolute atomic E-state index is 2.36. The lowest BCUT2D eigenvalue weighted by molar-refractivity contribution is 0.590. The summed E-state index contributed by atoms with van der Waals surface area (Å²) in [5, 5.41) is 7.90. The summed E-state index contributed by atoms with van der Waals surface area (Å²) in [6.07, 6.45) is 0. The zero-order valence-electron chi connectivity index (χ0n) is 28.3. The van der Waals surface area contributed by atoms with Crippen LogP contribution in [0.2, 0.25) is 0 Å². The largest absolute Gasteiger partial charge is 0.344 e. The Morgan fingerprint density at radius 1 is 0.348 bits per heavy atom. The molecule has 6 aromatic carbocycles. The summed E-state index contributed by atoms with van der Waals surface area (Å²) in [5.41, 5.74) is 13.1. The Morgan fingerprint density at radius 3 is 1.02 bits per heavy atom. The molecule has 0 bridgehead atoms. The second kappa shape index (κ2) is 9.84. The molecule has 0 saturated carbocycles. The van der Waals surface area contributed by atoms with Gasteiger partial charge in [0.25, 0.3) is 0 Å². The van der Waals surface area contributed by atoms with Gasteiger partial charge in [-0.05, 0) is 79.2 Å². The van der Waals surface area contributed by atoms with Crippen molar-refractivity contribution in [1.29, 1.82) is 0 Å². The molecule has 0 atom stereocenters. The lowest BCUT2D eigenvalue weighted by Crippen LogP contribution is -2.10. The standard InChI is InChI=1S/C44H42N2/c1-43(2,3)31-15-9-27(10-16-31)29-13-19-35-39(25-29)45(7)37-23-21-34-33(41(35)37)22-24-38-42(34)36-20-14-30(26-40(36)46(38)8)28-11-17-32(18-12-28)44(4,5)6/h9-26H,1-8H3. The highest BCUT2D eigenvalue weighted by Crippen LogP contribution is 2.42. The Balaban J connectivity index is 1.28. The molecule has 0 aliphatic heterocycles. The van der Waals surface area contributed by atoms with E-state index in [0.717, 1.165) is 0 Å². The molecule has 0 N–H and O–H groups in total. The van der Waals surface area contributed by atoms with Gasteiger partial charge < -0.3 is 9.13 Å². The summed E-state index contributed by atoms with van der Waals surface area (Å²) in [6, 6.07) is 41.4. The van der Waals surface area contributed by atoms with Crippen LogP contribution in [0.25, 0.3) is 76.6 Å². The highest BCUT2D eigenvalue weighted by atomic mass is 14.9. The van der Waals surface area contributed by atoms with Crippen molar-refractivity contribution < 1.29 is 0 Å². The first-order valence-electron chi connectivity index (χ1n) is 16.5. The molecule has 228 valence electrons. The average Bonchev–Trinajstić information content (AvgIpc) is 3.50. The van der Waals surface area contributed by atoms with Crippen LogP contribution in [-0.2, 0) is 24.9 Å². The molecule has 2 aromatic heterocycles. The van der Waals surface area contributed by atoms with E-state index in [9.17, 15) is 0 Å². The Labute approximate surface area is 271 Å². The second-order valence-electron chi connectivity index (χ2n) is 15.3. The smallest absolute Gasteiger partial charge is 0.0495 e. The molecule has 0 aliphatic carbocycles. The molecule has 8 aromatic rings. The van der Waals surface area contributed by atoms with E-state index in [-0.39, 0.29) is 10.8 Å². The number of hydrogen-bond acceptors (Lipinski definition) is 0. The first-order chi connectivity index (χ1) is 21.9. The summed E-state index contributed by atoms with van der Waals surface area (Å²) >= 11 is 0. The van der Waals surface area contributed by atoms with Crippen molar-refractivity contribution in [2.24, 2.45) is 14.1 Å². The quantitative estimate of drug-likeness (QED) is 0.187. The second-order valence-corrected chi connectivity index (χ2v) is 15.3.